The molecule has 4 heterocycles. The molecule has 0 bridgehead atoms. The minimum absolute atomic E-state index is 0.143. The van der Waals surface area contributed by atoms with Gasteiger partial charge in [0.15, 0.2) is 5.82 Å². The van der Waals surface area contributed by atoms with Crippen LogP contribution >= 0.6 is 0 Å². The normalized spacial score (nSPS) is 16.7. The maximum absolute atomic E-state index is 14.3. The molecular formula is C39H39F2N7O3. The first-order chi connectivity index (χ1) is 24.8. The Labute approximate surface area is 294 Å². The van der Waals surface area contributed by atoms with E-state index in [1.165, 1.54) is 12.1 Å². The zero-order valence-electron chi connectivity index (χ0n) is 28.3. The summed E-state index contributed by atoms with van der Waals surface area (Å²) in [6.07, 6.45) is 1.90. The van der Waals surface area contributed by atoms with Crippen molar-refractivity contribution in [2.75, 3.05) is 62.0 Å². The van der Waals surface area contributed by atoms with E-state index in [2.05, 4.69) is 49.1 Å². The number of hydrogen-bond donors (Lipinski definition) is 4. The lowest BCUT2D eigenvalue weighted by molar-refractivity contribution is 0.0904. The van der Waals surface area contributed by atoms with Gasteiger partial charge < -0.3 is 30.5 Å². The van der Waals surface area contributed by atoms with Crippen LogP contribution in [-0.2, 0) is 17.7 Å². The van der Waals surface area contributed by atoms with Crippen LogP contribution in [0.3, 0.4) is 0 Å². The Morgan fingerprint density at radius 1 is 0.941 bits per heavy atom. The molecule has 3 aliphatic rings. The number of nitrogens with zero attached hydrogens (tertiary/aromatic N) is 3. The standard InChI is InChI=1S/C39H39F2N7O3/c1-47-8-10-48(11-9-47)30-4-5-31(35(20-30)43-29-6-12-51-13-7-29)39(50)44-37-34-18-26(14-23-15-27(40)19-28(41)16-23)32(21-36(34)45-46-37)24-2-3-25-22-42-38(49)33(25)17-24/h2-5,15-21,29,43H,6-14,22H2,1H3,(H,42,49)(H2,44,45,46,50). The number of ether oxygens (including phenoxy) is 1. The van der Waals surface area contributed by atoms with Gasteiger partial charge in [-0.1, -0.05) is 12.1 Å². The fraction of sp³-hybridized carbons (Fsp3) is 0.308. The third kappa shape index (κ3) is 6.89. The van der Waals surface area contributed by atoms with Crippen LogP contribution in [0.25, 0.3) is 22.0 Å². The molecule has 0 aliphatic carbocycles. The van der Waals surface area contributed by atoms with Crippen molar-refractivity contribution in [3.63, 3.8) is 0 Å². The summed E-state index contributed by atoms with van der Waals surface area (Å²) in [6, 6.07) is 19.1. The summed E-state index contributed by atoms with van der Waals surface area (Å²) in [7, 11) is 2.12. The Bertz CT molecular complexity index is 2120. The molecule has 1 aromatic heterocycles. The van der Waals surface area contributed by atoms with Crippen molar-refractivity contribution in [1.29, 1.82) is 0 Å². The van der Waals surface area contributed by atoms with Crippen LogP contribution in [0.15, 0.2) is 66.7 Å². The van der Waals surface area contributed by atoms with Gasteiger partial charge in [0.2, 0.25) is 0 Å². The van der Waals surface area contributed by atoms with Crippen LogP contribution in [0.5, 0.6) is 0 Å². The van der Waals surface area contributed by atoms with Gasteiger partial charge in [0, 0.05) is 80.4 Å². The average molecular weight is 692 g/mol. The monoisotopic (exact) mass is 691 g/mol. The topological polar surface area (TPSA) is 115 Å². The van der Waals surface area contributed by atoms with Crippen molar-refractivity contribution < 1.29 is 23.1 Å². The molecule has 0 spiro atoms. The molecule has 2 amide bonds. The summed E-state index contributed by atoms with van der Waals surface area (Å²) in [6.45, 7) is 5.56. The van der Waals surface area contributed by atoms with Gasteiger partial charge in [0.25, 0.3) is 11.8 Å². The van der Waals surface area contributed by atoms with Crippen LogP contribution in [0.1, 0.15) is 50.2 Å². The number of aromatic nitrogens is 2. The van der Waals surface area contributed by atoms with Gasteiger partial charge in [-0.05, 0) is 103 Å². The Morgan fingerprint density at radius 2 is 1.73 bits per heavy atom. The van der Waals surface area contributed by atoms with E-state index in [4.69, 9.17) is 4.74 Å². The number of aromatic amines is 1. The minimum atomic E-state index is -0.665. The van der Waals surface area contributed by atoms with E-state index in [9.17, 15) is 18.4 Å². The Balaban J connectivity index is 1.14. The zero-order chi connectivity index (χ0) is 35.1. The molecule has 4 N–H and O–H groups in total. The molecule has 5 aromatic rings. The summed E-state index contributed by atoms with van der Waals surface area (Å²) in [5.74, 6) is -1.45. The van der Waals surface area contributed by atoms with E-state index >= 15 is 0 Å². The second-order valence-electron chi connectivity index (χ2n) is 13.6. The van der Waals surface area contributed by atoms with E-state index in [-0.39, 0.29) is 24.3 Å². The molecule has 51 heavy (non-hydrogen) atoms. The number of rotatable bonds is 8. The highest BCUT2D eigenvalue weighted by atomic mass is 19.1. The molecule has 2 saturated heterocycles. The number of H-pyrrole nitrogens is 1. The van der Waals surface area contributed by atoms with Crippen LogP contribution in [0, 0.1) is 11.6 Å². The first kappa shape index (κ1) is 32.9. The molecule has 4 aromatic carbocycles. The predicted octanol–water partition coefficient (Wildman–Crippen LogP) is 5.94. The van der Waals surface area contributed by atoms with Crippen molar-refractivity contribution in [2.24, 2.45) is 0 Å². The van der Waals surface area contributed by atoms with E-state index in [0.717, 1.165) is 78.7 Å². The zero-order valence-corrected chi connectivity index (χ0v) is 28.3. The number of carbonyl (C=O) groups excluding carboxylic acids is 2. The number of nitrogens with one attached hydrogen (secondary N) is 4. The lowest BCUT2D eigenvalue weighted by atomic mass is 9.92. The highest BCUT2D eigenvalue weighted by Gasteiger charge is 2.24. The highest BCUT2D eigenvalue weighted by molar-refractivity contribution is 6.11. The maximum atomic E-state index is 14.3. The van der Waals surface area contributed by atoms with Gasteiger partial charge in [-0.25, -0.2) is 8.78 Å². The molecule has 0 saturated carbocycles. The van der Waals surface area contributed by atoms with Gasteiger partial charge in [-0.15, -0.1) is 0 Å². The molecule has 10 nitrogen and oxygen atoms in total. The third-order valence-electron chi connectivity index (χ3n) is 10.1. The number of carbonyl (C=O) groups is 2. The van der Waals surface area contributed by atoms with Gasteiger partial charge in [-0.3, -0.25) is 14.7 Å². The molecule has 12 heteroatoms. The van der Waals surface area contributed by atoms with Crippen LogP contribution in [-0.4, -0.2) is 79.4 Å². The van der Waals surface area contributed by atoms with E-state index in [1.54, 1.807) is 0 Å². The van der Waals surface area contributed by atoms with Crippen LogP contribution in [0.4, 0.5) is 26.0 Å². The average Bonchev–Trinajstić information content (AvgIpc) is 3.69. The summed E-state index contributed by atoms with van der Waals surface area (Å²) < 4.78 is 34.1. The van der Waals surface area contributed by atoms with Gasteiger partial charge in [-0.2, -0.15) is 5.10 Å². The summed E-state index contributed by atoms with van der Waals surface area (Å²) in [4.78, 5) is 31.2. The summed E-state index contributed by atoms with van der Waals surface area (Å²) >= 11 is 0. The number of anilines is 3. The lowest BCUT2D eigenvalue weighted by Crippen LogP contribution is -2.44. The third-order valence-corrected chi connectivity index (χ3v) is 10.1. The van der Waals surface area contributed by atoms with E-state index in [0.29, 0.717) is 53.2 Å². The second-order valence-corrected chi connectivity index (χ2v) is 13.6. The van der Waals surface area contributed by atoms with Gasteiger partial charge in [0.05, 0.1) is 11.1 Å². The van der Waals surface area contributed by atoms with E-state index in [1.807, 2.05) is 42.5 Å². The quantitative estimate of drug-likeness (QED) is 0.159. The molecule has 8 rings (SSSR count). The fourth-order valence-electron chi connectivity index (χ4n) is 7.28. The van der Waals surface area contributed by atoms with Crippen molar-refractivity contribution in [3.05, 3.63) is 106 Å². The fourth-order valence-corrected chi connectivity index (χ4v) is 7.28. The predicted molar refractivity (Wildman–Crippen MR) is 193 cm³/mol. The summed E-state index contributed by atoms with van der Waals surface area (Å²) in [5, 5.41) is 17.7. The Hall–Kier alpha value is -5.33. The second kappa shape index (κ2) is 13.8. The Kier molecular flexibility index (Phi) is 8.87. The highest BCUT2D eigenvalue weighted by Crippen LogP contribution is 2.35. The van der Waals surface area contributed by atoms with Crippen LogP contribution in [0.2, 0.25) is 0 Å². The maximum Gasteiger partial charge on any atom is 0.258 e. The van der Waals surface area contributed by atoms with Crippen LogP contribution < -0.4 is 20.9 Å². The molecule has 0 atom stereocenters. The lowest BCUT2D eigenvalue weighted by Gasteiger charge is -2.34. The number of likely N-dealkylation sites (N-methyl/N-ethyl adjacent to an activating group) is 1. The molecule has 262 valence electrons. The minimum Gasteiger partial charge on any atom is -0.381 e. The first-order valence-electron chi connectivity index (χ1n) is 17.4. The van der Waals surface area contributed by atoms with Crippen molar-refractivity contribution in [2.45, 2.75) is 31.8 Å². The molecule has 2 fully saturated rings. The number of piperazine rings is 1. The molecule has 0 unspecified atom stereocenters. The molecular weight excluding hydrogens is 652 g/mol. The Morgan fingerprint density at radius 3 is 2.51 bits per heavy atom. The number of hydrogen-bond acceptors (Lipinski definition) is 7. The number of fused-ring (bicyclic) bond motifs is 2. The number of halogens is 2. The van der Waals surface area contributed by atoms with Gasteiger partial charge in [0.1, 0.15) is 11.6 Å². The van der Waals surface area contributed by atoms with Crippen molar-refractivity contribution in [3.8, 4) is 11.1 Å². The molecule has 0 radical (unpaired) electrons. The van der Waals surface area contributed by atoms with E-state index < -0.39 is 11.6 Å². The number of benzene rings is 4. The summed E-state index contributed by atoms with van der Waals surface area (Å²) in [5.41, 5.74) is 7.24. The smallest absolute Gasteiger partial charge is 0.258 e. The number of amides is 2. The van der Waals surface area contributed by atoms with Crippen molar-refractivity contribution in [1.82, 2.24) is 20.4 Å². The largest absolute Gasteiger partial charge is 0.381 e. The molecule has 3 aliphatic heterocycles. The SMILES string of the molecule is CN1CCN(c2ccc(C(=O)Nc3n[nH]c4cc(-c5ccc6c(c5)C(=O)NC6)c(Cc5cc(F)cc(F)c5)cc34)c(NC3CCOCC3)c2)CC1. The first-order valence-corrected chi connectivity index (χ1v) is 17.4. The van der Waals surface area contributed by atoms with Crippen molar-refractivity contribution >= 4 is 39.9 Å². The van der Waals surface area contributed by atoms with Gasteiger partial charge >= 0.3 is 0 Å².